The maximum atomic E-state index is 12.7. The van der Waals surface area contributed by atoms with Gasteiger partial charge in [-0.3, -0.25) is 4.79 Å². The highest BCUT2D eigenvalue weighted by Gasteiger charge is 2.09. The molecule has 0 unspecified atom stereocenters. The van der Waals surface area contributed by atoms with Gasteiger partial charge in [-0.25, -0.2) is 4.39 Å². The van der Waals surface area contributed by atoms with E-state index in [4.69, 9.17) is 5.26 Å². The molecule has 1 amide bonds. The third kappa shape index (κ3) is 2.67. The molecule has 0 spiro atoms. The third-order valence-corrected chi connectivity index (χ3v) is 2.40. The number of benzene rings is 1. The van der Waals surface area contributed by atoms with Gasteiger partial charge < -0.3 is 5.32 Å². The molecule has 0 heterocycles. The van der Waals surface area contributed by atoms with E-state index in [1.165, 1.54) is 18.2 Å². The molecule has 0 fully saturated rings. The van der Waals surface area contributed by atoms with Gasteiger partial charge in [-0.15, -0.1) is 0 Å². The summed E-state index contributed by atoms with van der Waals surface area (Å²) in [4.78, 5) is 11.3. The van der Waals surface area contributed by atoms with Gasteiger partial charge in [0.15, 0.2) is 0 Å². The fourth-order valence-corrected chi connectivity index (χ4v) is 1.61. The van der Waals surface area contributed by atoms with Gasteiger partial charge in [-0.2, -0.15) is 5.26 Å². The second-order valence-electron chi connectivity index (χ2n) is 2.46. The predicted octanol–water partition coefficient (Wildman–Crippen LogP) is 1.68. The molecule has 0 aliphatic rings. The Morgan fingerprint density at radius 1 is 1.64 bits per heavy atom. The minimum atomic E-state index is -0.383. The van der Waals surface area contributed by atoms with Crippen molar-refractivity contribution in [3.8, 4) is 6.07 Å². The minimum absolute atomic E-state index is 0.0493. The molecular formula is C9H6FIN2O. The first-order valence-corrected chi connectivity index (χ1v) is 4.83. The van der Waals surface area contributed by atoms with Gasteiger partial charge in [-0.1, -0.05) is 0 Å². The molecule has 0 bridgehead atoms. The van der Waals surface area contributed by atoms with Gasteiger partial charge in [0.1, 0.15) is 12.4 Å². The van der Waals surface area contributed by atoms with Crippen LogP contribution in [0.5, 0.6) is 0 Å². The Kier molecular flexibility index (Phi) is 3.83. The number of nitriles is 1. The molecule has 0 aliphatic heterocycles. The summed E-state index contributed by atoms with van der Waals surface area (Å²) in [5.74, 6) is -0.748. The first kappa shape index (κ1) is 10.9. The molecule has 72 valence electrons. The van der Waals surface area contributed by atoms with Gasteiger partial charge in [-0.05, 0) is 40.8 Å². The van der Waals surface area contributed by atoms with E-state index in [1.807, 2.05) is 22.6 Å². The number of nitrogens with one attached hydrogen (secondary N) is 1. The van der Waals surface area contributed by atoms with Crippen LogP contribution in [-0.4, -0.2) is 12.5 Å². The maximum Gasteiger partial charge on any atom is 0.253 e. The smallest absolute Gasteiger partial charge is 0.253 e. The molecule has 14 heavy (non-hydrogen) atoms. The highest BCUT2D eigenvalue weighted by Crippen LogP contribution is 2.13. The summed E-state index contributed by atoms with van der Waals surface area (Å²) >= 11 is 1.87. The van der Waals surface area contributed by atoms with E-state index in [-0.39, 0.29) is 18.3 Å². The van der Waals surface area contributed by atoms with E-state index in [0.29, 0.717) is 9.13 Å². The number of nitrogens with zero attached hydrogens (tertiary/aromatic N) is 1. The van der Waals surface area contributed by atoms with E-state index in [0.717, 1.165) is 0 Å². The third-order valence-electron chi connectivity index (χ3n) is 1.50. The Balaban J connectivity index is 2.86. The summed E-state index contributed by atoms with van der Waals surface area (Å²) in [5.41, 5.74) is 0.377. The second-order valence-corrected chi connectivity index (χ2v) is 3.63. The first-order chi connectivity index (χ1) is 6.65. The number of hydrogen-bond acceptors (Lipinski definition) is 2. The molecule has 1 aromatic carbocycles. The zero-order chi connectivity index (χ0) is 10.6. The maximum absolute atomic E-state index is 12.7. The van der Waals surface area contributed by atoms with Crippen LogP contribution in [0.4, 0.5) is 4.39 Å². The molecule has 5 heteroatoms. The lowest BCUT2D eigenvalue weighted by Crippen LogP contribution is -2.24. The number of carbonyl (C=O) groups is 1. The van der Waals surface area contributed by atoms with Crippen LogP contribution in [0.3, 0.4) is 0 Å². The summed E-state index contributed by atoms with van der Waals surface area (Å²) in [6, 6.07) is 5.66. The van der Waals surface area contributed by atoms with Crippen molar-refractivity contribution in [2.24, 2.45) is 0 Å². The lowest BCUT2D eigenvalue weighted by molar-refractivity contribution is 0.0957. The van der Waals surface area contributed by atoms with Gasteiger partial charge in [0.25, 0.3) is 5.91 Å². The highest BCUT2D eigenvalue weighted by atomic mass is 127. The number of carbonyl (C=O) groups excluding carboxylic acids is 1. The van der Waals surface area contributed by atoms with E-state index >= 15 is 0 Å². The summed E-state index contributed by atoms with van der Waals surface area (Å²) < 4.78 is 13.2. The number of halogens is 2. The van der Waals surface area contributed by atoms with E-state index in [2.05, 4.69) is 5.32 Å². The highest BCUT2D eigenvalue weighted by molar-refractivity contribution is 14.1. The van der Waals surface area contributed by atoms with Crippen molar-refractivity contribution in [1.29, 1.82) is 5.26 Å². The Bertz CT molecular complexity index is 400. The number of hydrogen-bond donors (Lipinski definition) is 1. The fraction of sp³-hybridized carbons (Fsp3) is 0.111. The quantitative estimate of drug-likeness (QED) is 0.668. The zero-order valence-electron chi connectivity index (χ0n) is 7.05. The normalized spacial score (nSPS) is 9.21. The topological polar surface area (TPSA) is 52.9 Å². The first-order valence-electron chi connectivity index (χ1n) is 3.75. The lowest BCUT2D eigenvalue weighted by Gasteiger charge is -2.03. The van der Waals surface area contributed by atoms with Crippen molar-refractivity contribution in [3.63, 3.8) is 0 Å². The zero-order valence-corrected chi connectivity index (χ0v) is 9.21. The molecule has 0 radical (unpaired) electrons. The molecule has 1 N–H and O–H groups in total. The van der Waals surface area contributed by atoms with E-state index in [9.17, 15) is 9.18 Å². The van der Waals surface area contributed by atoms with Crippen LogP contribution in [0, 0.1) is 20.7 Å². The number of amides is 1. The Morgan fingerprint density at radius 3 is 2.93 bits per heavy atom. The largest absolute Gasteiger partial charge is 0.339 e. The molecular weight excluding hydrogens is 298 g/mol. The molecule has 0 saturated heterocycles. The van der Waals surface area contributed by atoms with Crippen LogP contribution in [0.1, 0.15) is 10.4 Å². The van der Waals surface area contributed by atoms with E-state index in [1.54, 1.807) is 6.07 Å². The molecule has 0 saturated carbocycles. The standard InChI is InChI=1S/C9H6FIN2O/c10-6-1-2-7(8(11)5-6)9(14)13-4-3-12/h1-2,5H,4H2,(H,13,14). The Hall–Kier alpha value is -1.16. The van der Waals surface area contributed by atoms with Crippen molar-refractivity contribution < 1.29 is 9.18 Å². The van der Waals surface area contributed by atoms with Crippen molar-refractivity contribution in [2.75, 3.05) is 6.54 Å². The van der Waals surface area contributed by atoms with Gasteiger partial charge in [0, 0.05) is 3.57 Å². The van der Waals surface area contributed by atoms with Gasteiger partial charge >= 0.3 is 0 Å². The average molecular weight is 304 g/mol. The molecule has 0 aliphatic carbocycles. The summed E-state index contributed by atoms with van der Waals surface area (Å²) in [6.07, 6.45) is 0. The van der Waals surface area contributed by atoms with Crippen LogP contribution in [0.15, 0.2) is 18.2 Å². The Labute approximate surface area is 94.1 Å². The van der Waals surface area contributed by atoms with Crippen LogP contribution < -0.4 is 5.32 Å². The van der Waals surface area contributed by atoms with Crippen molar-refractivity contribution >= 4 is 28.5 Å². The van der Waals surface area contributed by atoms with Crippen LogP contribution >= 0.6 is 22.6 Å². The minimum Gasteiger partial charge on any atom is -0.339 e. The molecule has 1 aromatic rings. The van der Waals surface area contributed by atoms with Crippen molar-refractivity contribution in [1.82, 2.24) is 5.32 Å². The molecule has 0 atom stereocenters. The van der Waals surface area contributed by atoms with Crippen LogP contribution in [0.25, 0.3) is 0 Å². The van der Waals surface area contributed by atoms with Crippen molar-refractivity contribution in [3.05, 3.63) is 33.1 Å². The van der Waals surface area contributed by atoms with Gasteiger partial charge in [0.2, 0.25) is 0 Å². The summed E-state index contributed by atoms with van der Waals surface area (Å²) in [5, 5.41) is 10.6. The molecule has 3 nitrogen and oxygen atoms in total. The fourth-order valence-electron chi connectivity index (χ4n) is 0.889. The molecule has 0 aromatic heterocycles. The van der Waals surface area contributed by atoms with Gasteiger partial charge in [0.05, 0.1) is 11.6 Å². The van der Waals surface area contributed by atoms with Crippen molar-refractivity contribution in [2.45, 2.75) is 0 Å². The molecule has 1 rings (SSSR count). The van der Waals surface area contributed by atoms with Crippen LogP contribution in [-0.2, 0) is 0 Å². The SMILES string of the molecule is N#CCNC(=O)c1ccc(F)cc1I. The van der Waals surface area contributed by atoms with Crippen LogP contribution in [0.2, 0.25) is 0 Å². The predicted molar refractivity (Wildman–Crippen MR) is 57.1 cm³/mol. The lowest BCUT2D eigenvalue weighted by atomic mass is 10.2. The van der Waals surface area contributed by atoms with E-state index < -0.39 is 0 Å². The number of rotatable bonds is 2. The second kappa shape index (κ2) is 4.91. The summed E-state index contributed by atoms with van der Waals surface area (Å²) in [7, 11) is 0. The Morgan fingerprint density at radius 2 is 2.36 bits per heavy atom. The summed E-state index contributed by atoms with van der Waals surface area (Å²) in [6.45, 7) is -0.0493. The average Bonchev–Trinajstić information content (AvgIpc) is 2.14. The monoisotopic (exact) mass is 304 g/mol.